The van der Waals surface area contributed by atoms with Gasteiger partial charge in [-0.1, -0.05) is 43.2 Å². The lowest BCUT2D eigenvalue weighted by molar-refractivity contribution is -0.0508. The van der Waals surface area contributed by atoms with Crippen molar-refractivity contribution in [2.45, 2.75) is 31.7 Å². The third-order valence-corrected chi connectivity index (χ3v) is 6.81. The van der Waals surface area contributed by atoms with Crippen molar-refractivity contribution in [1.29, 1.82) is 0 Å². The summed E-state index contributed by atoms with van der Waals surface area (Å²) in [6, 6.07) is 12.4. The van der Waals surface area contributed by atoms with Crippen molar-refractivity contribution in [3.63, 3.8) is 0 Å². The first-order valence-corrected chi connectivity index (χ1v) is 10.2. The number of carbonyl (C=O) groups is 1. The molecule has 1 aliphatic carbocycles. The van der Waals surface area contributed by atoms with Crippen LogP contribution in [0.5, 0.6) is 0 Å². The Morgan fingerprint density at radius 2 is 1.78 bits per heavy atom. The molecule has 1 spiro atoms. The SMILES string of the molecule is O=C(c1cnc(-c2ncccn2)s1)N1CC2(CCCC2)[C@H]1c1ccccc1. The Kier molecular flexibility index (Phi) is 4.01. The molecule has 5 rings (SSSR count). The van der Waals surface area contributed by atoms with E-state index in [4.69, 9.17) is 0 Å². The smallest absolute Gasteiger partial charge is 0.266 e. The lowest BCUT2D eigenvalue weighted by atomic mass is 9.67. The average Bonchev–Trinajstić information content (AvgIpc) is 3.38. The fourth-order valence-corrected chi connectivity index (χ4v) is 5.45. The van der Waals surface area contributed by atoms with E-state index in [1.54, 1.807) is 24.7 Å². The minimum Gasteiger partial charge on any atom is -0.330 e. The fourth-order valence-electron chi connectivity index (χ4n) is 4.63. The van der Waals surface area contributed by atoms with Crippen LogP contribution in [0.2, 0.25) is 0 Å². The summed E-state index contributed by atoms with van der Waals surface area (Å²) in [5.41, 5.74) is 1.50. The number of aromatic nitrogens is 3. The number of rotatable bonds is 3. The first kappa shape index (κ1) is 16.6. The van der Waals surface area contributed by atoms with Gasteiger partial charge in [-0.2, -0.15) is 0 Å². The molecular weight excluding hydrogens is 356 g/mol. The topological polar surface area (TPSA) is 59.0 Å². The summed E-state index contributed by atoms with van der Waals surface area (Å²) in [5, 5.41) is 0.686. The van der Waals surface area contributed by atoms with Gasteiger partial charge in [0.25, 0.3) is 5.91 Å². The van der Waals surface area contributed by atoms with Gasteiger partial charge in [-0.25, -0.2) is 15.0 Å². The zero-order chi connectivity index (χ0) is 18.3. The third-order valence-electron chi connectivity index (χ3n) is 5.83. The summed E-state index contributed by atoms with van der Waals surface area (Å²) >= 11 is 1.37. The highest BCUT2D eigenvalue weighted by atomic mass is 32.1. The van der Waals surface area contributed by atoms with E-state index < -0.39 is 0 Å². The number of amides is 1. The summed E-state index contributed by atoms with van der Waals surface area (Å²) in [6.07, 6.45) is 10.00. The number of nitrogens with zero attached hydrogens (tertiary/aromatic N) is 4. The van der Waals surface area contributed by atoms with Crippen LogP contribution in [0, 0.1) is 5.41 Å². The molecular formula is C21H20N4OS. The summed E-state index contributed by atoms with van der Waals surface area (Å²) in [7, 11) is 0. The predicted octanol–water partition coefficient (Wildman–Crippen LogP) is 4.36. The first-order chi connectivity index (χ1) is 13.3. The van der Waals surface area contributed by atoms with E-state index in [1.807, 2.05) is 11.0 Å². The van der Waals surface area contributed by atoms with E-state index in [9.17, 15) is 4.79 Å². The van der Waals surface area contributed by atoms with Gasteiger partial charge in [-0.15, -0.1) is 11.3 Å². The molecule has 0 N–H and O–H groups in total. The van der Waals surface area contributed by atoms with Crippen molar-refractivity contribution in [3.05, 3.63) is 65.4 Å². The van der Waals surface area contributed by atoms with Gasteiger partial charge in [0.2, 0.25) is 0 Å². The third kappa shape index (κ3) is 2.75. The monoisotopic (exact) mass is 376 g/mol. The molecule has 5 nitrogen and oxygen atoms in total. The molecule has 6 heteroatoms. The number of thiazole rings is 1. The minimum absolute atomic E-state index is 0.0704. The summed E-state index contributed by atoms with van der Waals surface area (Å²) in [6.45, 7) is 0.848. The molecule has 1 saturated heterocycles. The maximum absolute atomic E-state index is 13.3. The molecule has 2 aliphatic rings. The lowest BCUT2D eigenvalue weighted by Crippen LogP contribution is -2.59. The highest BCUT2D eigenvalue weighted by Crippen LogP contribution is 2.58. The number of carbonyl (C=O) groups excluding carboxylic acids is 1. The maximum Gasteiger partial charge on any atom is 0.266 e. The molecule has 2 aromatic heterocycles. The van der Waals surface area contributed by atoms with Gasteiger partial charge in [0.15, 0.2) is 10.8 Å². The molecule has 27 heavy (non-hydrogen) atoms. The second-order valence-corrected chi connectivity index (χ2v) is 8.45. The molecule has 0 unspecified atom stereocenters. The van der Waals surface area contributed by atoms with Crippen LogP contribution in [0.25, 0.3) is 10.8 Å². The van der Waals surface area contributed by atoms with Gasteiger partial charge in [-0.3, -0.25) is 4.79 Å². The largest absolute Gasteiger partial charge is 0.330 e. The number of hydrogen-bond acceptors (Lipinski definition) is 5. The van der Waals surface area contributed by atoms with E-state index in [0.29, 0.717) is 15.7 Å². The molecule has 1 atom stereocenters. The molecule has 2 fully saturated rings. The van der Waals surface area contributed by atoms with Crippen LogP contribution in [0.3, 0.4) is 0 Å². The second-order valence-electron chi connectivity index (χ2n) is 7.42. The van der Waals surface area contributed by atoms with E-state index in [1.165, 1.54) is 42.6 Å². The summed E-state index contributed by atoms with van der Waals surface area (Å²) in [4.78, 5) is 28.8. The quantitative estimate of drug-likeness (QED) is 0.681. The second kappa shape index (κ2) is 6.53. The van der Waals surface area contributed by atoms with Crippen LogP contribution in [-0.4, -0.2) is 32.3 Å². The Labute approximate surface area is 162 Å². The maximum atomic E-state index is 13.3. The standard InChI is InChI=1S/C21H20N4OS/c26-20(16-13-24-19(27-16)18-22-11-6-12-23-18)25-14-21(9-4-5-10-21)17(25)15-7-2-1-3-8-15/h1-3,6-8,11-13,17H,4-5,9-10,14H2/t17-/m1/s1. The van der Waals surface area contributed by atoms with Gasteiger partial charge < -0.3 is 4.90 Å². The van der Waals surface area contributed by atoms with Crippen molar-refractivity contribution in [3.8, 4) is 10.8 Å². The van der Waals surface area contributed by atoms with Gasteiger partial charge in [0.05, 0.1) is 12.2 Å². The zero-order valence-corrected chi connectivity index (χ0v) is 15.7. The number of benzene rings is 1. The van der Waals surface area contributed by atoms with Gasteiger partial charge >= 0.3 is 0 Å². The van der Waals surface area contributed by atoms with Gasteiger partial charge in [0, 0.05) is 24.4 Å². The Balaban J connectivity index is 1.44. The molecule has 3 heterocycles. The van der Waals surface area contributed by atoms with Crippen molar-refractivity contribution in [1.82, 2.24) is 19.9 Å². The fraction of sp³-hybridized carbons (Fsp3) is 0.333. The number of hydrogen-bond donors (Lipinski definition) is 0. The number of likely N-dealkylation sites (tertiary alicyclic amines) is 1. The molecule has 0 bridgehead atoms. The molecule has 1 saturated carbocycles. The van der Waals surface area contributed by atoms with Crippen LogP contribution in [-0.2, 0) is 0 Å². The first-order valence-electron chi connectivity index (χ1n) is 9.36. The van der Waals surface area contributed by atoms with Gasteiger partial charge in [-0.05, 0) is 24.5 Å². The van der Waals surface area contributed by atoms with E-state index in [2.05, 4.69) is 39.2 Å². The Bertz CT molecular complexity index is 951. The van der Waals surface area contributed by atoms with Crippen molar-refractivity contribution < 1.29 is 4.79 Å². The van der Waals surface area contributed by atoms with Crippen LogP contribution < -0.4 is 0 Å². The van der Waals surface area contributed by atoms with E-state index >= 15 is 0 Å². The summed E-state index contributed by atoms with van der Waals surface area (Å²) in [5.74, 6) is 0.637. The molecule has 1 aliphatic heterocycles. The van der Waals surface area contributed by atoms with Gasteiger partial charge in [0.1, 0.15) is 4.88 Å². The van der Waals surface area contributed by atoms with E-state index in [0.717, 1.165) is 6.54 Å². The van der Waals surface area contributed by atoms with Crippen LogP contribution in [0.4, 0.5) is 0 Å². The molecule has 1 aromatic carbocycles. The average molecular weight is 376 g/mol. The normalized spacial score (nSPS) is 20.6. The predicted molar refractivity (Wildman–Crippen MR) is 104 cm³/mol. The lowest BCUT2D eigenvalue weighted by Gasteiger charge is -2.56. The molecule has 136 valence electrons. The summed E-state index contributed by atoms with van der Waals surface area (Å²) < 4.78 is 0. The Morgan fingerprint density at radius 3 is 2.52 bits per heavy atom. The minimum atomic E-state index is 0.0704. The molecule has 3 aromatic rings. The van der Waals surface area contributed by atoms with E-state index in [-0.39, 0.29) is 17.4 Å². The highest BCUT2D eigenvalue weighted by Gasteiger charge is 2.56. The van der Waals surface area contributed by atoms with Crippen molar-refractivity contribution in [2.75, 3.05) is 6.54 Å². The zero-order valence-electron chi connectivity index (χ0n) is 14.9. The van der Waals surface area contributed by atoms with Crippen molar-refractivity contribution >= 4 is 17.2 Å². The van der Waals surface area contributed by atoms with Crippen molar-refractivity contribution in [2.24, 2.45) is 5.41 Å². The molecule has 0 radical (unpaired) electrons. The van der Waals surface area contributed by atoms with Crippen LogP contribution in [0.1, 0.15) is 47.0 Å². The van der Waals surface area contributed by atoms with Crippen LogP contribution >= 0.6 is 11.3 Å². The Morgan fingerprint density at radius 1 is 1.04 bits per heavy atom. The molecule has 1 amide bonds. The van der Waals surface area contributed by atoms with Crippen LogP contribution in [0.15, 0.2) is 55.0 Å². The Hall–Kier alpha value is -2.60. The highest BCUT2D eigenvalue weighted by molar-refractivity contribution is 7.16.